The van der Waals surface area contributed by atoms with Crippen LogP contribution in [0, 0.1) is 0 Å². The number of phenolic OH excluding ortho intramolecular Hbond substituents is 1. The Morgan fingerprint density at radius 3 is 1.37 bits per heavy atom. The van der Waals surface area contributed by atoms with E-state index in [4.69, 9.17) is 9.97 Å². The molecule has 8 nitrogen and oxygen atoms in total. The fourth-order valence-corrected chi connectivity index (χ4v) is 6.80. The molecule has 46 heavy (non-hydrogen) atoms. The Morgan fingerprint density at radius 2 is 0.978 bits per heavy atom. The second-order valence-electron chi connectivity index (χ2n) is 14.1. The van der Waals surface area contributed by atoms with E-state index in [9.17, 15) is 5.11 Å². The van der Waals surface area contributed by atoms with E-state index in [2.05, 4.69) is 75.3 Å². The summed E-state index contributed by atoms with van der Waals surface area (Å²) in [6.07, 6.45) is 18.1. The molecule has 0 fully saturated rings. The second-order valence-corrected chi connectivity index (χ2v) is 16.2. The van der Waals surface area contributed by atoms with Gasteiger partial charge in [-0.15, -0.1) is 0 Å². The SMILES string of the molecule is CCCCCCCCSc1ncnc(N(c2cc(C(C)(C)C)c(O)c(C(C)(C)C)c2)c2ncnc(SCCCCCCCC)n2)n1. The van der Waals surface area contributed by atoms with Crippen LogP contribution in [0.5, 0.6) is 5.75 Å². The van der Waals surface area contributed by atoms with Gasteiger partial charge in [0.15, 0.2) is 10.3 Å². The first-order valence-corrected chi connectivity index (χ1v) is 19.2. The fraction of sp³-hybridized carbons (Fsp3) is 0.667. The van der Waals surface area contributed by atoms with Gasteiger partial charge in [0.1, 0.15) is 18.4 Å². The van der Waals surface area contributed by atoms with Crippen LogP contribution in [-0.4, -0.2) is 46.5 Å². The molecule has 0 saturated heterocycles. The van der Waals surface area contributed by atoms with Crippen LogP contribution in [-0.2, 0) is 10.8 Å². The van der Waals surface area contributed by atoms with Crippen molar-refractivity contribution in [2.75, 3.05) is 16.4 Å². The molecule has 3 rings (SSSR count). The van der Waals surface area contributed by atoms with Crippen molar-refractivity contribution < 1.29 is 5.11 Å². The average molecular weight is 668 g/mol. The van der Waals surface area contributed by atoms with Crippen molar-refractivity contribution in [2.45, 2.75) is 154 Å². The zero-order chi connectivity index (χ0) is 33.6. The lowest BCUT2D eigenvalue weighted by molar-refractivity contribution is 0.423. The molecule has 2 heterocycles. The van der Waals surface area contributed by atoms with Crippen LogP contribution in [0.4, 0.5) is 17.6 Å². The third-order valence-electron chi connectivity index (χ3n) is 7.90. The molecule has 0 unspecified atom stereocenters. The predicted octanol–water partition coefficient (Wildman–Crippen LogP) is 10.7. The van der Waals surface area contributed by atoms with E-state index >= 15 is 0 Å². The lowest BCUT2D eigenvalue weighted by atomic mass is 9.79. The van der Waals surface area contributed by atoms with Crippen molar-refractivity contribution in [3.05, 3.63) is 35.9 Å². The molecular formula is C36H57N7OS2. The van der Waals surface area contributed by atoms with Crippen LogP contribution in [0.2, 0.25) is 0 Å². The van der Waals surface area contributed by atoms with E-state index in [1.807, 2.05) is 17.0 Å². The summed E-state index contributed by atoms with van der Waals surface area (Å²) in [6, 6.07) is 4.04. The first-order chi connectivity index (χ1) is 22.0. The summed E-state index contributed by atoms with van der Waals surface area (Å²) < 4.78 is 0. The first kappa shape index (κ1) is 38.0. The number of benzene rings is 1. The van der Waals surface area contributed by atoms with Crippen LogP contribution in [0.1, 0.15) is 144 Å². The Morgan fingerprint density at radius 1 is 0.587 bits per heavy atom. The van der Waals surface area contributed by atoms with Gasteiger partial charge in [0.25, 0.3) is 0 Å². The molecule has 0 aliphatic heterocycles. The minimum Gasteiger partial charge on any atom is -0.507 e. The molecule has 0 radical (unpaired) electrons. The molecule has 10 heteroatoms. The highest BCUT2D eigenvalue weighted by Crippen LogP contribution is 2.44. The molecule has 2 aromatic heterocycles. The maximum atomic E-state index is 11.5. The molecular weight excluding hydrogens is 611 g/mol. The largest absolute Gasteiger partial charge is 0.507 e. The summed E-state index contributed by atoms with van der Waals surface area (Å²) in [5, 5.41) is 12.8. The van der Waals surface area contributed by atoms with Gasteiger partial charge >= 0.3 is 0 Å². The van der Waals surface area contributed by atoms with E-state index < -0.39 is 0 Å². The molecule has 0 aliphatic carbocycles. The van der Waals surface area contributed by atoms with Gasteiger partial charge in [-0.05, 0) is 35.8 Å². The Labute approximate surface area is 286 Å². The average Bonchev–Trinajstić information content (AvgIpc) is 3.00. The highest BCUT2D eigenvalue weighted by atomic mass is 32.2. The topological polar surface area (TPSA) is 101 Å². The monoisotopic (exact) mass is 667 g/mol. The zero-order valence-electron chi connectivity index (χ0n) is 29.6. The summed E-state index contributed by atoms with van der Waals surface area (Å²) in [5.74, 6) is 3.14. The van der Waals surface area contributed by atoms with E-state index in [-0.39, 0.29) is 10.8 Å². The number of unbranched alkanes of at least 4 members (excludes halogenated alkanes) is 10. The van der Waals surface area contributed by atoms with Gasteiger partial charge in [0.2, 0.25) is 11.9 Å². The standard InChI is InChI=1S/C36H57N7OS2/c1-9-11-13-15-17-19-21-45-33-39-25-37-31(41-33)43(27-23-28(35(3,4)5)30(44)29(24-27)36(6,7)8)32-38-26-40-34(42-32)46-22-20-18-16-14-12-10-2/h23-26,44H,9-22H2,1-8H3. The zero-order valence-corrected chi connectivity index (χ0v) is 31.2. The van der Waals surface area contributed by atoms with E-state index in [1.54, 1.807) is 36.2 Å². The molecule has 3 aromatic rings. The van der Waals surface area contributed by atoms with E-state index in [0.29, 0.717) is 28.0 Å². The predicted molar refractivity (Wildman–Crippen MR) is 195 cm³/mol. The van der Waals surface area contributed by atoms with Gasteiger partial charge in [0.05, 0.1) is 5.69 Å². The summed E-state index contributed by atoms with van der Waals surface area (Å²) >= 11 is 3.32. The number of aromatic nitrogens is 6. The number of hydrogen-bond donors (Lipinski definition) is 1. The van der Waals surface area contributed by atoms with Crippen molar-refractivity contribution in [2.24, 2.45) is 0 Å². The van der Waals surface area contributed by atoms with Crippen molar-refractivity contribution in [3.8, 4) is 5.75 Å². The van der Waals surface area contributed by atoms with Gasteiger partial charge in [-0.2, -0.15) is 9.97 Å². The summed E-state index contributed by atoms with van der Waals surface area (Å²) in [7, 11) is 0. The van der Waals surface area contributed by atoms with Gasteiger partial charge in [-0.1, -0.05) is 143 Å². The van der Waals surface area contributed by atoms with Gasteiger partial charge < -0.3 is 5.11 Å². The third kappa shape index (κ3) is 12.0. The quantitative estimate of drug-likeness (QED) is 0.0981. The van der Waals surface area contributed by atoms with Crippen LogP contribution in [0.25, 0.3) is 0 Å². The van der Waals surface area contributed by atoms with Crippen LogP contribution in [0.15, 0.2) is 35.1 Å². The van der Waals surface area contributed by atoms with Crippen molar-refractivity contribution in [3.63, 3.8) is 0 Å². The number of hydrogen-bond acceptors (Lipinski definition) is 10. The normalized spacial score (nSPS) is 12.1. The lowest BCUT2D eigenvalue weighted by Crippen LogP contribution is -2.22. The molecule has 0 atom stereocenters. The number of rotatable bonds is 19. The number of aromatic hydroxyl groups is 1. The minimum absolute atomic E-state index is 0.305. The second kappa shape index (κ2) is 18.8. The Hall–Kier alpha value is -2.46. The van der Waals surface area contributed by atoms with Gasteiger partial charge in [-0.3, -0.25) is 0 Å². The minimum atomic E-state index is -0.305. The van der Waals surface area contributed by atoms with E-state index in [0.717, 1.165) is 41.2 Å². The summed E-state index contributed by atoms with van der Waals surface area (Å²) in [4.78, 5) is 30.0. The molecule has 1 N–H and O–H groups in total. The smallest absolute Gasteiger partial charge is 0.241 e. The molecule has 1 aromatic carbocycles. The molecule has 0 aliphatic rings. The Balaban J connectivity index is 1.97. The number of anilines is 3. The maximum absolute atomic E-state index is 11.5. The Bertz CT molecular complexity index is 1240. The van der Waals surface area contributed by atoms with Crippen LogP contribution < -0.4 is 4.90 Å². The van der Waals surface area contributed by atoms with Gasteiger partial charge in [0, 0.05) is 22.6 Å². The van der Waals surface area contributed by atoms with Gasteiger partial charge in [-0.25, -0.2) is 24.8 Å². The molecule has 0 saturated carbocycles. The van der Waals surface area contributed by atoms with Crippen molar-refractivity contribution >= 4 is 41.1 Å². The highest BCUT2D eigenvalue weighted by molar-refractivity contribution is 7.99. The number of phenols is 1. The molecule has 0 amide bonds. The van der Waals surface area contributed by atoms with Crippen molar-refractivity contribution in [1.29, 1.82) is 0 Å². The summed E-state index contributed by atoms with van der Waals surface area (Å²) in [5.41, 5.74) is 1.88. The molecule has 0 bridgehead atoms. The molecule has 254 valence electrons. The highest BCUT2D eigenvalue weighted by Gasteiger charge is 2.30. The van der Waals surface area contributed by atoms with E-state index in [1.165, 1.54) is 64.2 Å². The van der Waals surface area contributed by atoms with Crippen LogP contribution in [0.3, 0.4) is 0 Å². The third-order valence-corrected chi connectivity index (χ3v) is 9.80. The molecule has 0 spiro atoms. The lowest BCUT2D eigenvalue weighted by Gasteiger charge is -2.30. The Kier molecular flexibility index (Phi) is 15.5. The number of thioether (sulfide) groups is 2. The number of nitrogens with zero attached hydrogens (tertiary/aromatic N) is 7. The van der Waals surface area contributed by atoms with Crippen molar-refractivity contribution in [1.82, 2.24) is 29.9 Å². The maximum Gasteiger partial charge on any atom is 0.241 e. The summed E-state index contributed by atoms with van der Waals surface area (Å²) in [6.45, 7) is 17.2. The first-order valence-electron chi connectivity index (χ1n) is 17.3. The van der Waals surface area contributed by atoms with Crippen LogP contribution >= 0.6 is 23.5 Å². The fourth-order valence-electron chi connectivity index (χ4n) is 5.20.